The highest BCUT2D eigenvalue weighted by Crippen LogP contribution is 2.19. The molecule has 0 aliphatic rings. The van der Waals surface area contributed by atoms with Gasteiger partial charge in [0.2, 0.25) is 5.91 Å². The predicted molar refractivity (Wildman–Crippen MR) is 86.1 cm³/mol. The number of amides is 1. The molecule has 4 N–H and O–H groups in total. The molecule has 0 saturated heterocycles. The number of carbonyl (C=O) groups excluding carboxylic acids is 1. The summed E-state index contributed by atoms with van der Waals surface area (Å²) in [6.07, 6.45) is 0.410. The Balaban J connectivity index is 1.99. The Morgan fingerprint density at radius 3 is 2.52 bits per heavy atom. The van der Waals surface area contributed by atoms with E-state index in [4.69, 9.17) is 5.73 Å². The second kappa shape index (κ2) is 6.74. The summed E-state index contributed by atoms with van der Waals surface area (Å²) in [4.78, 5) is 15.6. The van der Waals surface area contributed by atoms with E-state index < -0.39 is 0 Å². The minimum Gasteiger partial charge on any atom is -0.382 e. The van der Waals surface area contributed by atoms with Crippen molar-refractivity contribution in [3.63, 3.8) is 0 Å². The molecule has 1 amide bonds. The molecule has 5 heteroatoms. The summed E-state index contributed by atoms with van der Waals surface area (Å²) in [5.74, 6) is 0.914. The fraction of sp³-hybridized carbons (Fsp3) is 0.250. The summed E-state index contributed by atoms with van der Waals surface area (Å²) in [6, 6.07) is 11.8. The van der Waals surface area contributed by atoms with E-state index in [2.05, 4.69) is 46.8 Å². The number of hydrogen-bond donors (Lipinski definition) is 3. The number of rotatable bonds is 5. The summed E-state index contributed by atoms with van der Waals surface area (Å²) < 4.78 is 0. The van der Waals surface area contributed by atoms with Crippen molar-refractivity contribution in [3.8, 4) is 0 Å². The lowest BCUT2D eigenvalue weighted by Gasteiger charge is -2.10. The molecule has 21 heavy (non-hydrogen) atoms. The van der Waals surface area contributed by atoms with Crippen molar-refractivity contribution in [1.29, 1.82) is 0 Å². The maximum absolute atomic E-state index is 11.3. The van der Waals surface area contributed by atoms with Gasteiger partial charge in [0.1, 0.15) is 11.6 Å². The standard InChI is InChI=1S/C16H20N4O/c1-3-15(21)19-13-8-9-14(20-16(13)17)18-10-12-6-4-11(2)5-7-12/h4-9H,3,10H2,1-2H3,(H,19,21)(H3,17,18,20). The van der Waals surface area contributed by atoms with E-state index in [1.807, 2.05) is 0 Å². The zero-order valence-corrected chi connectivity index (χ0v) is 12.3. The maximum atomic E-state index is 11.3. The average molecular weight is 284 g/mol. The zero-order valence-electron chi connectivity index (χ0n) is 12.3. The van der Waals surface area contributed by atoms with Crippen LogP contribution in [0, 0.1) is 6.92 Å². The van der Waals surface area contributed by atoms with Gasteiger partial charge >= 0.3 is 0 Å². The Hall–Kier alpha value is -2.56. The van der Waals surface area contributed by atoms with Gasteiger partial charge in [0.25, 0.3) is 0 Å². The number of nitrogens with one attached hydrogen (secondary N) is 2. The minimum atomic E-state index is -0.0798. The number of hydrogen-bond acceptors (Lipinski definition) is 4. The van der Waals surface area contributed by atoms with Crippen molar-refractivity contribution in [2.24, 2.45) is 0 Å². The Labute approximate surface area is 124 Å². The third-order valence-electron chi connectivity index (χ3n) is 3.11. The average Bonchev–Trinajstić information content (AvgIpc) is 2.49. The van der Waals surface area contributed by atoms with Crippen LogP contribution in [0.1, 0.15) is 24.5 Å². The molecule has 0 radical (unpaired) electrons. The van der Waals surface area contributed by atoms with E-state index in [0.29, 0.717) is 30.3 Å². The third-order valence-corrected chi connectivity index (χ3v) is 3.11. The van der Waals surface area contributed by atoms with Crippen LogP contribution in [0.15, 0.2) is 36.4 Å². The molecule has 1 aromatic carbocycles. The molecule has 0 saturated carbocycles. The first-order chi connectivity index (χ1) is 10.1. The van der Waals surface area contributed by atoms with E-state index in [0.717, 1.165) is 0 Å². The van der Waals surface area contributed by atoms with Crippen molar-refractivity contribution >= 4 is 23.2 Å². The first kappa shape index (κ1) is 14.8. The van der Waals surface area contributed by atoms with Gasteiger partial charge in [0, 0.05) is 13.0 Å². The van der Waals surface area contributed by atoms with Crippen molar-refractivity contribution in [2.75, 3.05) is 16.4 Å². The van der Waals surface area contributed by atoms with Gasteiger partial charge in [0.05, 0.1) is 5.69 Å². The lowest BCUT2D eigenvalue weighted by Crippen LogP contribution is -2.12. The van der Waals surface area contributed by atoms with E-state index in [9.17, 15) is 4.79 Å². The van der Waals surface area contributed by atoms with Crippen LogP contribution in [0.4, 0.5) is 17.3 Å². The van der Waals surface area contributed by atoms with Crippen LogP contribution in [0.5, 0.6) is 0 Å². The Morgan fingerprint density at radius 1 is 1.19 bits per heavy atom. The topological polar surface area (TPSA) is 80.0 Å². The third kappa shape index (κ3) is 4.21. The zero-order chi connectivity index (χ0) is 15.2. The van der Waals surface area contributed by atoms with Crippen molar-refractivity contribution < 1.29 is 4.79 Å². The molecular weight excluding hydrogens is 264 g/mol. The Bertz CT molecular complexity index is 623. The lowest BCUT2D eigenvalue weighted by atomic mass is 10.1. The molecule has 2 rings (SSSR count). The fourth-order valence-electron chi connectivity index (χ4n) is 1.82. The van der Waals surface area contributed by atoms with E-state index >= 15 is 0 Å². The maximum Gasteiger partial charge on any atom is 0.224 e. The number of aromatic nitrogens is 1. The second-order valence-corrected chi connectivity index (χ2v) is 4.87. The number of nitrogen functional groups attached to an aromatic ring is 1. The summed E-state index contributed by atoms with van der Waals surface area (Å²) in [5.41, 5.74) is 8.80. The second-order valence-electron chi connectivity index (χ2n) is 4.87. The van der Waals surface area contributed by atoms with Crippen LogP contribution in [0.2, 0.25) is 0 Å². The van der Waals surface area contributed by atoms with Gasteiger partial charge in [-0.15, -0.1) is 0 Å². The number of anilines is 3. The molecule has 0 spiro atoms. The molecule has 1 heterocycles. The van der Waals surface area contributed by atoms with Crippen molar-refractivity contribution in [3.05, 3.63) is 47.5 Å². The number of pyridine rings is 1. The Kier molecular flexibility index (Phi) is 4.77. The van der Waals surface area contributed by atoms with Crippen LogP contribution >= 0.6 is 0 Å². The summed E-state index contributed by atoms with van der Waals surface area (Å²) in [7, 11) is 0. The van der Waals surface area contributed by atoms with Gasteiger partial charge in [-0.1, -0.05) is 36.8 Å². The predicted octanol–water partition coefficient (Wildman–Crippen LogP) is 2.93. The normalized spacial score (nSPS) is 10.2. The highest BCUT2D eigenvalue weighted by molar-refractivity contribution is 5.93. The van der Waals surface area contributed by atoms with Crippen LogP contribution in [0.25, 0.3) is 0 Å². The number of benzene rings is 1. The fourth-order valence-corrected chi connectivity index (χ4v) is 1.82. The van der Waals surface area contributed by atoms with E-state index in [1.165, 1.54) is 11.1 Å². The van der Waals surface area contributed by atoms with Gasteiger partial charge in [-0.2, -0.15) is 0 Å². The number of nitrogens with two attached hydrogens (primary N) is 1. The van der Waals surface area contributed by atoms with Gasteiger partial charge in [-0.25, -0.2) is 4.98 Å². The monoisotopic (exact) mass is 284 g/mol. The van der Waals surface area contributed by atoms with Gasteiger partial charge in [-0.3, -0.25) is 4.79 Å². The van der Waals surface area contributed by atoms with Crippen LogP contribution in [0.3, 0.4) is 0 Å². The summed E-state index contributed by atoms with van der Waals surface area (Å²) in [6.45, 7) is 4.52. The summed E-state index contributed by atoms with van der Waals surface area (Å²) in [5, 5.41) is 5.92. The highest BCUT2D eigenvalue weighted by atomic mass is 16.1. The van der Waals surface area contributed by atoms with Crippen molar-refractivity contribution in [2.45, 2.75) is 26.8 Å². The molecule has 110 valence electrons. The molecule has 0 bridgehead atoms. The molecular formula is C16H20N4O. The smallest absolute Gasteiger partial charge is 0.224 e. The lowest BCUT2D eigenvalue weighted by molar-refractivity contribution is -0.115. The molecule has 0 unspecified atom stereocenters. The van der Waals surface area contributed by atoms with Crippen LogP contribution < -0.4 is 16.4 Å². The molecule has 0 aliphatic heterocycles. The molecule has 0 atom stereocenters. The molecule has 2 aromatic rings. The van der Waals surface area contributed by atoms with Crippen LogP contribution in [-0.2, 0) is 11.3 Å². The number of nitrogens with zero attached hydrogens (tertiary/aromatic N) is 1. The quantitative estimate of drug-likeness (QED) is 0.788. The first-order valence-corrected chi connectivity index (χ1v) is 6.94. The number of aryl methyl sites for hydroxylation is 1. The molecule has 1 aromatic heterocycles. The SMILES string of the molecule is CCC(=O)Nc1ccc(NCc2ccc(C)cc2)nc1N. The van der Waals surface area contributed by atoms with Gasteiger partial charge in [0.15, 0.2) is 0 Å². The highest BCUT2D eigenvalue weighted by Gasteiger charge is 2.05. The summed E-state index contributed by atoms with van der Waals surface area (Å²) >= 11 is 0. The molecule has 0 aliphatic carbocycles. The van der Waals surface area contributed by atoms with E-state index in [-0.39, 0.29) is 5.91 Å². The van der Waals surface area contributed by atoms with Crippen molar-refractivity contribution in [1.82, 2.24) is 4.98 Å². The van der Waals surface area contributed by atoms with Gasteiger partial charge in [-0.05, 0) is 24.6 Å². The first-order valence-electron chi connectivity index (χ1n) is 6.94. The molecule has 5 nitrogen and oxygen atoms in total. The Morgan fingerprint density at radius 2 is 1.90 bits per heavy atom. The van der Waals surface area contributed by atoms with Gasteiger partial charge < -0.3 is 16.4 Å². The van der Waals surface area contributed by atoms with E-state index in [1.54, 1.807) is 19.1 Å². The van der Waals surface area contributed by atoms with Crippen LogP contribution in [-0.4, -0.2) is 10.9 Å². The number of carbonyl (C=O) groups is 1. The molecule has 0 fully saturated rings. The largest absolute Gasteiger partial charge is 0.382 e. The minimum absolute atomic E-state index is 0.0798.